The molecule has 2 aromatic heterocycles. The number of H-pyrrole nitrogens is 1. The standard InChI is InChI=1S/C10H6N6O3/c17-9-5-1-7-8(19-4-18-7)2-6(5)11-3-16(9)10-12-14-15-13-10/h1-3H,4H2,(H,12,13,14,15). The predicted octanol–water partition coefficient (Wildman–Crippen LogP) is -0.373. The van der Waals surface area contributed by atoms with E-state index in [1.54, 1.807) is 12.1 Å². The second-order valence-electron chi connectivity index (χ2n) is 3.87. The molecule has 0 saturated carbocycles. The van der Waals surface area contributed by atoms with E-state index >= 15 is 0 Å². The van der Waals surface area contributed by atoms with Gasteiger partial charge in [0.25, 0.3) is 11.5 Å². The lowest BCUT2D eigenvalue weighted by molar-refractivity contribution is 0.174. The minimum atomic E-state index is -0.290. The van der Waals surface area contributed by atoms with Gasteiger partial charge in [0.2, 0.25) is 6.79 Å². The normalized spacial score (nSPS) is 13.1. The Morgan fingerprint density at radius 3 is 2.89 bits per heavy atom. The van der Waals surface area contributed by atoms with Crippen molar-refractivity contribution in [2.75, 3.05) is 6.79 Å². The van der Waals surface area contributed by atoms with Crippen LogP contribution in [0.15, 0.2) is 23.3 Å². The highest BCUT2D eigenvalue weighted by Gasteiger charge is 2.17. The number of nitrogens with zero attached hydrogens (tertiary/aromatic N) is 5. The van der Waals surface area contributed by atoms with Crippen LogP contribution in [0.4, 0.5) is 0 Å². The smallest absolute Gasteiger partial charge is 0.268 e. The summed E-state index contributed by atoms with van der Waals surface area (Å²) in [6.07, 6.45) is 1.36. The molecular formula is C10H6N6O3. The molecule has 0 spiro atoms. The molecule has 1 aromatic carbocycles. The minimum Gasteiger partial charge on any atom is -0.454 e. The number of rotatable bonds is 1. The van der Waals surface area contributed by atoms with Crippen molar-refractivity contribution in [3.8, 4) is 17.4 Å². The van der Waals surface area contributed by atoms with Crippen molar-refractivity contribution < 1.29 is 9.47 Å². The summed E-state index contributed by atoms with van der Waals surface area (Å²) in [6, 6.07) is 3.27. The molecule has 1 aliphatic rings. The largest absolute Gasteiger partial charge is 0.454 e. The van der Waals surface area contributed by atoms with Gasteiger partial charge in [-0.3, -0.25) is 4.79 Å². The number of hydrogen-bond acceptors (Lipinski definition) is 7. The fourth-order valence-corrected chi connectivity index (χ4v) is 1.92. The summed E-state index contributed by atoms with van der Waals surface area (Å²) in [4.78, 5) is 16.5. The van der Waals surface area contributed by atoms with Crippen molar-refractivity contribution in [3.05, 3.63) is 28.8 Å². The summed E-state index contributed by atoms with van der Waals surface area (Å²) in [5.74, 6) is 1.32. The SMILES string of the molecule is O=c1c2cc3c(cc2ncn1-c1nnn[nH]1)OCO3. The molecule has 9 heteroatoms. The molecule has 0 atom stereocenters. The van der Waals surface area contributed by atoms with Crippen LogP contribution in [0.3, 0.4) is 0 Å². The van der Waals surface area contributed by atoms with Crippen LogP contribution in [0.1, 0.15) is 0 Å². The maximum Gasteiger partial charge on any atom is 0.268 e. The number of aromatic nitrogens is 6. The second-order valence-corrected chi connectivity index (χ2v) is 3.87. The molecule has 4 rings (SSSR count). The lowest BCUT2D eigenvalue weighted by Crippen LogP contribution is -2.20. The number of hydrogen-bond donors (Lipinski definition) is 1. The molecule has 9 nitrogen and oxygen atoms in total. The third-order valence-electron chi connectivity index (χ3n) is 2.81. The molecule has 0 fully saturated rings. The highest BCUT2D eigenvalue weighted by Crippen LogP contribution is 2.34. The first-order chi connectivity index (χ1) is 9.33. The third kappa shape index (κ3) is 1.38. The van der Waals surface area contributed by atoms with Gasteiger partial charge in [-0.05, 0) is 16.5 Å². The molecule has 3 aromatic rings. The summed E-state index contributed by atoms with van der Waals surface area (Å²) < 4.78 is 11.7. The molecular weight excluding hydrogens is 252 g/mol. The molecule has 0 unspecified atom stereocenters. The zero-order valence-electron chi connectivity index (χ0n) is 9.40. The molecule has 1 aliphatic heterocycles. The molecule has 19 heavy (non-hydrogen) atoms. The molecule has 3 heterocycles. The fraction of sp³-hybridized carbons (Fsp3) is 0.100. The number of benzene rings is 1. The third-order valence-corrected chi connectivity index (χ3v) is 2.81. The van der Waals surface area contributed by atoms with Gasteiger partial charge in [0.15, 0.2) is 11.5 Å². The van der Waals surface area contributed by atoms with E-state index in [0.717, 1.165) is 0 Å². The van der Waals surface area contributed by atoms with Gasteiger partial charge in [0.05, 0.1) is 10.9 Å². The van der Waals surface area contributed by atoms with Crippen LogP contribution in [0.2, 0.25) is 0 Å². The molecule has 1 N–H and O–H groups in total. The first-order valence-electron chi connectivity index (χ1n) is 5.38. The quantitative estimate of drug-likeness (QED) is 0.634. The van der Waals surface area contributed by atoms with E-state index in [2.05, 4.69) is 25.6 Å². The van der Waals surface area contributed by atoms with E-state index < -0.39 is 0 Å². The van der Waals surface area contributed by atoms with E-state index in [-0.39, 0.29) is 18.3 Å². The zero-order valence-corrected chi connectivity index (χ0v) is 9.40. The highest BCUT2D eigenvalue weighted by atomic mass is 16.7. The van der Waals surface area contributed by atoms with E-state index in [0.29, 0.717) is 22.4 Å². The van der Waals surface area contributed by atoms with Gasteiger partial charge in [0, 0.05) is 6.07 Å². The Kier molecular flexibility index (Phi) is 1.85. The van der Waals surface area contributed by atoms with Crippen molar-refractivity contribution in [1.29, 1.82) is 0 Å². The number of tetrazole rings is 1. The number of aromatic amines is 1. The van der Waals surface area contributed by atoms with Gasteiger partial charge in [-0.25, -0.2) is 14.6 Å². The first-order valence-corrected chi connectivity index (χ1v) is 5.38. The summed E-state index contributed by atoms with van der Waals surface area (Å²) in [5.41, 5.74) is 0.236. The topological polar surface area (TPSA) is 108 Å². The van der Waals surface area contributed by atoms with Crippen LogP contribution in [-0.4, -0.2) is 37.0 Å². The van der Waals surface area contributed by atoms with Gasteiger partial charge in [-0.15, -0.1) is 0 Å². The molecule has 0 radical (unpaired) electrons. The average molecular weight is 258 g/mol. The Labute approximate surface area is 104 Å². The summed E-state index contributed by atoms with van der Waals surface area (Å²) >= 11 is 0. The lowest BCUT2D eigenvalue weighted by atomic mass is 10.2. The van der Waals surface area contributed by atoms with Crippen molar-refractivity contribution in [2.45, 2.75) is 0 Å². The van der Waals surface area contributed by atoms with Gasteiger partial charge < -0.3 is 9.47 Å². The molecule has 0 aliphatic carbocycles. The maximum absolute atomic E-state index is 12.3. The van der Waals surface area contributed by atoms with Crippen LogP contribution in [0.25, 0.3) is 16.9 Å². The van der Waals surface area contributed by atoms with Crippen molar-refractivity contribution in [3.63, 3.8) is 0 Å². The highest BCUT2D eigenvalue weighted by molar-refractivity contribution is 5.82. The molecule has 94 valence electrons. The number of fused-ring (bicyclic) bond motifs is 2. The average Bonchev–Trinajstić information content (AvgIpc) is 3.08. The maximum atomic E-state index is 12.3. The van der Waals surface area contributed by atoms with Gasteiger partial charge in [-0.1, -0.05) is 5.10 Å². The number of ether oxygens (including phenoxy) is 2. The van der Waals surface area contributed by atoms with E-state index in [1.165, 1.54) is 10.9 Å². The van der Waals surface area contributed by atoms with E-state index in [9.17, 15) is 4.79 Å². The van der Waals surface area contributed by atoms with Crippen LogP contribution in [-0.2, 0) is 0 Å². The van der Waals surface area contributed by atoms with Gasteiger partial charge in [-0.2, -0.15) is 0 Å². The molecule has 0 amide bonds. The number of nitrogens with one attached hydrogen (secondary N) is 1. The molecule has 0 bridgehead atoms. The summed E-state index contributed by atoms with van der Waals surface area (Å²) in [7, 11) is 0. The van der Waals surface area contributed by atoms with Crippen LogP contribution < -0.4 is 15.0 Å². The fourth-order valence-electron chi connectivity index (χ4n) is 1.92. The monoisotopic (exact) mass is 258 g/mol. The Morgan fingerprint density at radius 1 is 1.26 bits per heavy atom. The Bertz CT molecular complexity index is 825. The van der Waals surface area contributed by atoms with Crippen molar-refractivity contribution in [1.82, 2.24) is 30.2 Å². The van der Waals surface area contributed by atoms with Gasteiger partial charge in [0.1, 0.15) is 6.33 Å². The summed E-state index contributed by atoms with van der Waals surface area (Å²) in [6.45, 7) is 0.145. The van der Waals surface area contributed by atoms with E-state index in [4.69, 9.17) is 9.47 Å². The Morgan fingerprint density at radius 2 is 2.11 bits per heavy atom. The van der Waals surface area contributed by atoms with Crippen molar-refractivity contribution in [2.24, 2.45) is 0 Å². The Balaban J connectivity index is 2.03. The van der Waals surface area contributed by atoms with Crippen LogP contribution >= 0.6 is 0 Å². The second kappa shape index (κ2) is 3.51. The van der Waals surface area contributed by atoms with Crippen LogP contribution in [0, 0.1) is 0 Å². The van der Waals surface area contributed by atoms with Gasteiger partial charge >= 0.3 is 0 Å². The minimum absolute atomic E-state index is 0.145. The predicted molar refractivity (Wildman–Crippen MR) is 61.2 cm³/mol. The lowest BCUT2D eigenvalue weighted by Gasteiger charge is -2.03. The zero-order chi connectivity index (χ0) is 12.8. The molecule has 0 saturated heterocycles. The first kappa shape index (κ1) is 10.00. The van der Waals surface area contributed by atoms with Crippen LogP contribution in [0.5, 0.6) is 11.5 Å². The van der Waals surface area contributed by atoms with E-state index in [1.807, 2.05) is 0 Å². The summed E-state index contributed by atoms with van der Waals surface area (Å²) in [5, 5.41) is 13.4. The van der Waals surface area contributed by atoms with Crippen molar-refractivity contribution >= 4 is 10.9 Å². The Hall–Kier alpha value is -2.97.